The number of imidazole rings is 1. The molecule has 0 spiro atoms. The number of carbonyl (C=O) groups is 1. The van der Waals surface area contributed by atoms with E-state index in [1.165, 1.54) is 5.56 Å². The van der Waals surface area contributed by atoms with Crippen LogP contribution in [0.2, 0.25) is 0 Å². The summed E-state index contributed by atoms with van der Waals surface area (Å²) in [5, 5.41) is 9.04. The zero-order chi connectivity index (χ0) is 13.9. The number of rotatable bonds is 1. The highest BCUT2D eigenvalue weighted by molar-refractivity contribution is 9.10. The Morgan fingerprint density at radius 2 is 2.20 bits per heavy atom. The lowest BCUT2D eigenvalue weighted by molar-refractivity contribution is 0.0697. The summed E-state index contributed by atoms with van der Waals surface area (Å²) >= 11 is 3.57. The third-order valence-corrected chi connectivity index (χ3v) is 4.43. The highest BCUT2D eigenvalue weighted by atomic mass is 79.9. The van der Waals surface area contributed by atoms with Crippen molar-refractivity contribution in [3.05, 3.63) is 57.8 Å². The summed E-state index contributed by atoms with van der Waals surface area (Å²) in [5.41, 5.74) is 5.36. The summed E-state index contributed by atoms with van der Waals surface area (Å²) in [5.74, 6) is -0.932. The molecule has 20 heavy (non-hydrogen) atoms. The standard InChI is InChI=1S/C15H9BrN2O2/c16-11-3-1-2-9-10(11)7-12-14(9)17-13-6-8(15(19)20)4-5-18(12)13/h1-6H,7H2,(H,19,20). The van der Waals surface area contributed by atoms with E-state index in [1.54, 1.807) is 18.3 Å². The Hall–Kier alpha value is -2.14. The molecule has 2 heterocycles. The van der Waals surface area contributed by atoms with Gasteiger partial charge in [-0.15, -0.1) is 0 Å². The van der Waals surface area contributed by atoms with Crippen molar-refractivity contribution >= 4 is 27.5 Å². The summed E-state index contributed by atoms with van der Waals surface area (Å²) in [6, 6.07) is 9.29. The van der Waals surface area contributed by atoms with Crippen molar-refractivity contribution in [2.75, 3.05) is 0 Å². The van der Waals surface area contributed by atoms with E-state index in [0.29, 0.717) is 5.65 Å². The maximum absolute atomic E-state index is 11.0. The van der Waals surface area contributed by atoms with Gasteiger partial charge in [0.25, 0.3) is 0 Å². The molecule has 0 atom stereocenters. The first-order chi connectivity index (χ1) is 9.65. The Morgan fingerprint density at radius 1 is 1.35 bits per heavy atom. The summed E-state index contributed by atoms with van der Waals surface area (Å²) in [7, 11) is 0. The monoisotopic (exact) mass is 328 g/mol. The molecule has 0 bridgehead atoms. The number of pyridine rings is 1. The molecule has 0 radical (unpaired) electrons. The molecular formula is C15H9BrN2O2. The number of hydrogen-bond acceptors (Lipinski definition) is 2. The van der Waals surface area contributed by atoms with Crippen LogP contribution in [0.5, 0.6) is 0 Å². The van der Waals surface area contributed by atoms with Crippen LogP contribution in [0.25, 0.3) is 16.9 Å². The number of aromatic carboxylic acids is 1. The van der Waals surface area contributed by atoms with Crippen molar-refractivity contribution in [2.24, 2.45) is 0 Å². The number of benzene rings is 1. The second kappa shape index (κ2) is 3.93. The van der Waals surface area contributed by atoms with Gasteiger partial charge in [-0.05, 0) is 23.8 Å². The van der Waals surface area contributed by atoms with Gasteiger partial charge in [-0.2, -0.15) is 0 Å². The van der Waals surface area contributed by atoms with Crippen LogP contribution in [0, 0.1) is 0 Å². The molecule has 2 aromatic heterocycles. The molecule has 0 saturated heterocycles. The number of halogens is 1. The number of carboxylic acids is 1. The van der Waals surface area contributed by atoms with Gasteiger partial charge in [-0.3, -0.25) is 0 Å². The average molecular weight is 329 g/mol. The normalized spacial score (nSPS) is 12.4. The smallest absolute Gasteiger partial charge is 0.335 e. The minimum Gasteiger partial charge on any atom is -0.478 e. The van der Waals surface area contributed by atoms with Crippen LogP contribution in [0.4, 0.5) is 0 Å². The number of fused-ring (bicyclic) bond motifs is 5. The largest absolute Gasteiger partial charge is 0.478 e. The number of aromatic nitrogens is 2. The van der Waals surface area contributed by atoms with Crippen molar-refractivity contribution in [3.63, 3.8) is 0 Å². The van der Waals surface area contributed by atoms with Crippen molar-refractivity contribution in [1.29, 1.82) is 0 Å². The van der Waals surface area contributed by atoms with E-state index in [4.69, 9.17) is 5.11 Å². The van der Waals surface area contributed by atoms with Crippen molar-refractivity contribution in [1.82, 2.24) is 9.38 Å². The van der Waals surface area contributed by atoms with E-state index < -0.39 is 5.97 Å². The fourth-order valence-electron chi connectivity index (χ4n) is 2.74. The fourth-order valence-corrected chi connectivity index (χ4v) is 3.25. The SMILES string of the molecule is O=C(O)c1ccn2c3c(nc2c1)-c1cccc(Br)c1C3. The molecule has 0 fully saturated rings. The van der Waals surface area contributed by atoms with Gasteiger partial charge in [0.05, 0.1) is 17.0 Å². The van der Waals surface area contributed by atoms with E-state index in [9.17, 15) is 4.79 Å². The topological polar surface area (TPSA) is 54.6 Å². The van der Waals surface area contributed by atoms with Crippen LogP contribution in [0.1, 0.15) is 21.6 Å². The van der Waals surface area contributed by atoms with Gasteiger partial charge < -0.3 is 9.51 Å². The first-order valence-electron chi connectivity index (χ1n) is 6.17. The summed E-state index contributed by atoms with van der Waals surface area (Å²) in [6.07, 6.45) is 2.59. The van der Waals surface area contributed by atoms with Gasteiger partial charge in [-0.1, -0.05) is 28.1 Å². The molecule has 0 saturated carbocycles. The molecule has 3 aromatic rings. The second-order valence-corrected chi connectivity index (χ2v) is 5.65. The van der Waals surface area contributed by atoms with Gasteiger partial charge in [0.1, 0.15) is 5.65 Å². The third kappa shape index (κ3) is 1.47. The Bertz CT molecular complexity index is 883. The number of carboxylic acid groups (broad SMARTS) is 1. The van der Waals surface area contributed by atoms with Crippen molar-refractivity contribution in [2.45, 2.75) is 6.42 Å². The molecule has 1 aliphatic carbocycles. The molecule has 1 aliphatic rings. The van der Waals surface area contributed by atoms with Crippen molar-refractivity contribution < 1.29 is 9.90 Å². The molecule has 0 unspecified atom stereocenters. The van der Waals surface area contributed by atoms with E-state index in [1.807, 2.05) is 16.5 Å². The lowest BCUT2D eigenvalue weighted by Crippen LogP contribution is -1.99. The number of hydrogen-bond donors (Lipinski definition) is 1. The first-order valence-corrected chi connectivity index (χ1v) is 6.96. The van der Waals surface area contributed by atoms with Gasteiger partial charge in [0, 0.05) is 22.7 Å². The van der Waals surface area contributed by atoms with Crippen LogP contribution >= 0.6 is 15.9 Å². The lowest BCUT2D eigenvalue weighted by Gasteiger charge is -2.02. The Balaban J connectivity index is 1.99. The van der Waals surface area contributed by atoms with Gasteiger partial charge in [0.2, 0.25) is 0 Å². The molecule has 4 rings (SSSR count). The molecule has 1 N–H and O–H groups in total. The zero-order valence-electron chi connectivity index (χ0n) is 10.3. The molecular weight excluding hydrogens is 320 g/mol. The molecule has 4 nitrogen and oxygen atoms in total. The maximum Gasteiger partial charge on any atom is 0.335 e. The predicted octanol–water partition coefficient (Wildman–Crippen LogP) is 3.37. The van der Waals surface area contributed by atoms with E-state index in [0.717, 1.165) is 27.8 Å². The highest BCUT2D eigenvalue weighted by Gasteiger charge is 2.25. The van der Waals surface area contributed by atoms with E-state index in [2.05, 4.69) is 27.0 Å². The minimum absolute atomic E-state index is 0.260. The maximum atomic E-state index is 11.0. The van der Waals surface area contributed by atoms with Crippen LogP contribution in [0.3, 0.4) is 0 Å². The molecule has 1 aromatic carbocycles. The molecule has 98 valence electrons. The van der Waals surface area contributed by atoms with E-state index in [-0.39, 0.29) is 5.56 Å². The second-order valence-electron chi connectivity index (χ2n) is 4.80. The predicted molar refractivity (Wildman–Crippen MR) is 78.1 cm³/mol. The summed E-state index contributed by atoms with van der Waals surface area (Å²) in [6.45, 7) is 0. The minimum atomic E-state index is -0.932. The first kappa shape index (κ1) is 11.7. The van der Waals surface area contributed by atoms with E-state index >= 15 is 0 Å². The van der Waals surface area contributed by atoms with Crippen LogP contribution in [0.15, 0.2) is 41.0 Å². The zero-order valence-corrected chi connectivity index (χ0v) is 11.9. The summed E-state index contributed by atoms with van der Waals surface area (Å²) in [4.78, 5) is 15.6. The van der Waals surface area contributed by atoms with Crippen molar-refractivity contribution in [3.8, 4) is 11.3 Å². The highest BCUT2D eigenvalue weighted by Crippen LogP contribution is 2.39. The molecule has 5 heteroatoms. The Labute approximate surface area is 122 Å². The van der Waals surface area contributed by atoms with Gasteiger partial charge >= 0.3 is 5.97 Å². The van der Waals surface area contributed by atoms with Crippen LogP contribution in [-0.2, 0) is 6.42 Å². The summed E-state index contributed by atoms with van der Waals surface area (Å²) < 4.78 is 3.05. The van der Waals surface area contributed by atoms with Gasteiger partial charge in [-0.25, -0.2) is 9.78 Å². The molecule has 0 aliphatic heterocycles. The third-order valence-electron chi connectivity index (χ3n) is 3.69. The van der Waals surface area contributed by atoms with Crippen LogP contribution in [-0.4, -0.2) is 20.5 Å². The van der Waals surface area contributed by atoms with Gasteiger partial charge in [0.15, 0.2) is 0 Å². The average Bonchev–Trinajstić information content (AvgIpc) is 2.95. The fraction of sp³-hybridized carbons (Fsp3) is 0.0667. The quantitative estimate of drug-likeness (QED) is 0.583. The molecule has 0 amide bonds. The Kier molecular flexibility index (Phi) is 2.29. The van der Waals surface area contributed by atoms with Crippen LogP contribution < -0.4 is 0 Å². The lowest BCUT2D eigenvalue weighted by atomic mass is 10.1. The number of nitrogens with zero attached hydrogens (tertiary/aromatic N) is 2. The Morgan fingerprint density at radius 3 is 3.00 bits per heavy atom.